The van der Waals surface area contributed by atoms with Crippen molar-refractivity contribution in [3.8, 4) is 0 Å². The number of anilines is 2. The molecule has 116 valence electrons. The van der Waals surface area contributed by atoms with Gasteiger partial charge in [-0.3, -0.25) is 0 Å². The van der Waals surface area contributed by atoms with E-state index in [2.05, 4.69) is 20.2 Å². The Kier molecular flexibility index (Phi) is 3.87. The van der Waals surface area contributed by atoms with Gasteiger partial charge in [-0.25, -0.2) is 9.97 Å². The van der Waals surface area contributed by atoms with Gasteiger partial charge in [-0.2, -0.15) is 13.2 Å². The summed E-state index contributed by atoms with van der Waals surface area (Å²) < 4.78 is 37.9. The second-order valence-electron chi connectivity index (χ2n) is 5.17. The summed E-state index contributed by atoms with van der Waals surface area (Å²) in [6.07, 6.45) is -2.50. The van der Waals surface area contributed by atoms with Gasteiger partial charge < -0.3 is 10.2 Å². The lowest BCUT2D eigenvalue weighted by Crippen LogP contribution is -2.27. The number of aromatic nitrogens is 2. The Hall–Kier alpha value is -2.31. The number of para-hydroxylation sites is 1. The average Bonchev–Trinajstić information content (AvgIpc) is 2.96. The summed E-state index contributed by atoms with van der Waals surface area (Å²) in [6, 6.07) is 10.8. The van der Waals surface area contributed by atoms with Crippen LogP contribution >= 0.6 is 0 Å². The van der Waals surface area contributed by atoms with Gasteiger partial charge in [0.25, 0.3) is 0 Å². The standard InChI is InChI=1S/C15H15F3N4/c16-15(17,18)13-6-8-19-14(21-13)20-11-7-9-22(10-11)12-4-2-1-3-5-12/h1-6,8,11H,7,9-10H2,(H,19,20,21). The van der Waals surface area contributed by atoms with Gasteiger partial charge in [-0.05, 0) is 24.6 Å². The number of nitrogens with zero attached hydrogens (tertiary/aromatic N) is 3. The molecule has 22 heavy (non-hydrogen) atoms. The molecule has 7 heteroatoms. The van der Waals surface area contributed by atoms with Gasteiger partial charge in [0.15, 0.2) is 0 Å². The van der Waals surface area contributed by atoms with Crippen molar-refractivity contribution < 1.29 is 13.2 Å². The lowest BCUT2D eigenvalue weighted by molar-refractivity contribution is -0.141. The maximum absolute atomic E-state index is 12.6. The minimum atomic E-state index is -4.45. The molecule has 2 aromatic rings. The second kappa shape index (κ2) is 5.82. The minimum Gasteiger partial charge on any atom is -0.369 e. The molecule has 1 aromatic heterocycles. The molecule has 0 spiro atoms. The highest BCUT2D eigenvalue weighted by Crippen LogP contribution is 2.28. The second-order valence-corrected chi connectivity index (χ2v) is 5.17. The number of halogens is 3. The van der Waals surface area contributed by atoms with E-state index in [1.807, 2.05) is 30.3 Å². The van der Waals surface area contributed by atoms with Crippen LogP contribution in [-0.4, -0.2) is 29.1 Å². The molecule has 0 bridgehead atoms. The summed E-state index contributed by atoms with van der Waals surface area (Å²) >= 11 is 0. The number of rotatable bonds is 3. The van der Waals surface area contributed by atoms with Crippen molar-refractivity contribution in [2.45, 2.75) is 18.6 Å². The van der Waals surface area contributed by atoms with E-state index in [1.165, 1.54) is 0 Å². The SMILES string of the molecule is FC(F)(F)c1ccnc(NC2CCN(c3ccccc3)C2)n1. The fourth-order valence-corrected chi connectivity index (χ4v) is 2.52. The van der Waals surface area contributed by atoms with Crippen molar-refractivity contribution in [2.75, 3.05) is 23.3 Å². The molecule has 3 rings (SSSR count). The Morgan fingerprint density at radius 3 is 2.64 bits per heavy atom. The number of hydrogen-bond acceptors (Lipinski definition) is 4. The summed E-state index contributed by atoms with van der Waals surface area (Å²) in [4.78, 5) is 9.60. The molecular weight excluding hydrogens is 293 g/mol. The van der Waals surface area contributed by atoms with Gasteiger partial charge in [-0.1, -0.05) is 18.2 Å². The molecule has 0 radical (unpaired) electrons. The third kappa shape index (κ3) is 3.29. The molecule has 0 aliphatic carbocycles. The highest BCUT2D eigenvalue weighted by atomic mass is 19.4. The average molecular weight is 308 g/mol. The number of alkyl halides is 3. The van der Waals surface area contributed by atoms with Crippen LogP contribution in [0, 0.1) is 0 Å². The van der Waals surface area contributed by atoms with Crippen molar-refractivity contribution in [1.29, 1.82) is 0 Å². The smallest absolute Gasteiger partial charge is 0.369 e. The van der Waals surface area contributed by atoms with Crippen LogP contribution in [0.15, 0.2) is 42.6 Å². The molecule has 0 saturated carbocycles. The molecule has 1 aromatic carbocycles. The quantitative estimate of drug-likeness (QED) is 0.945. The normalized spacial score (nSPS) is 18.5. The van der Waals surface area contributed by atoms with E-state index >= 15 is 0 Å². The Bertz CT molecular complexity index is 630. The molecular formula is C15H15F3N4. The van der Waals surface area contributed by atoms with Crippen molar-refractivity contribution in [1.82, 2.24) is 9.97 Å². The van der Waals surface area contributed by atoms with E-state index in [0.717, 1.165) is 30.9 Å². The fraction of sp³-hybridized carbons (Fsp3) is 0.333. The number of hydrogen-bond donors (Lipinski definition) is 1. The van der Waals surface area contributed by atoms with Crippen molar-refractivity contribution in [3.63, 3.8) is 0 Å². The first kappa shape index (κ1) is 14.6. The molecule has 1 N–H and O–H groups in total. The zero-order chi connectivity index (χ0) is 15.6. The zero-order valence-corrected chi connectivity index (χ0v) is 11.7. The largest absolute Gasteiger partial charge is 0.433 e. The van der Waals surface area contributed by atoms with E-state index in [0.29, 0.717) is 6.54 Å². The Labute approximate surface area is 126 Å². The Morgan fingerprint density at radius 1 is 1.14 bits per heavy atom. The summed E-state index contributed by atoms with van der Waals surface area (Å²) in [7, 11) is 0. The van der Waals surface area contributed by atoms with Crippen molar-refractivity contribution in [3.05, 3.63) is 48.3 Å². The van der Waals surface area contributed by atoms with Crippen LogP contribution in [0.1, 0.15) is 12.1 Å². The maximum atomic E-state index is 12.6. The molecule has 1 saturated heterocycles. The lowest BCUT2D eigenvalue weighted by atomic mass is 10.3. The van der Waals surface area contributed by atoms with E-state index < -0.39 is 11.9 Å². The lowest BCUT2D eigenvalue weighted by Gasteiger charge is -2.19. The number of benzene rings is 1. The van der Waals surface area contributed by atoms with E-state index in [1.54, 1.807) is 0 Å². The van der Waals surface area contributed by atoms with Crippen LogP contribution in [0.4, 0.5) is 24.8 Å². The monoisotopic (exact) mass is 308 g/mol. The summed E-state index contributed by atoms with van der Waals surface area (Å²) in [6.45, 7) is 1.56. The van der Waals surface area contributed by atoms with Gasteiger partial charge in [0, 0.05) is 31.0 Å². The molecule has 4 nitrogen and oxygen atoms in total. The van der Waals surface area contributed by atoms with Crippen LogP contribution in [-0.2, 0) is 6.18 Å². The first-order valence-corrected chi connectivity index (χ1v) is 6.99. The van der Waals surface area contributed by atoms with Crippen LogP contribution in [0.3, 0.4) is 0 Å². The summed E-state index contributed by atoms with van der Waals surface area (Å²) in [5.74, 6) is 0.0229. The molecule has 1 aliphatic rings. The van der Waals surface area contributed by atoms with Crippen LogP contribution in [0.2, 0.25) is 0 Å². The van der Waals surface area contributed by atoms with Crippen molar-refractivity contribution in [2.24, 2.45) is 0 Å². The predicted octanol–water partition coefficient (Wildman–Crippen LogP) is 3.19. The third-order valence-corrected chi connectivity index (χ3v) is 3.59. The molecule has 1 fully saturated rings. The topological polar surface area (TPSA) is 41.1 Å². The van der Waals surface area contributed by atoms with Crippen LogP contribution < -0.4 is 10.2 Å². The minimum absolute atomic E-state index is 0.0229. The van der Waals surface area contributed by atoms with Gasteiger partial charge in [0.1, 0.15) is 5.69 Å². The third-order valence-electron chi connectivity index (χ3n) is 3.59. The summed E-state index contributed by atoms with van der Waals surface area (Å²) in [5.41, 5.74) is 0.180. The zero-order valence-electron chi connectivity index (χ0n) is 11.7. The predicted molar refractivity (Wildman–Crippen MR) is 77.7 cm³/mol. The van der Waals surface area contributed by atoms with Crippen LogP contribution in [0.25, 0.3) is 0 Å². The Morgan fingerprint density at radius 2 is 1.91 bits per heavy atom. The molecule has 1 aliphatic heterocycles. The van der Waals surface area contributed by atoms with Gasteiger partial charge in [0.2, 0.25) is 5.95 Å². The summed E-state index contributed by atoms with van der Waals surface area (Å²) in [5, 5.41) is 2.99. The van der Waals surface area contributed by atoms with E-state index in [9.17, 15) is 13.2 Å². The van der Waals surface area contributed by atoms with E-state index in [-0.39, 0.29) is 12.0 Å². The highest BCUT2D eigenvalue weighted by Gasteiger charge is 2.33. The number of nitrogens with one attached hydrogen (secondary N) is 1. The fourth-order valence-electron chi connectivity index (χ4n) is 2.52. The first-order valence-electron chi connectivity index (χ1n) is 6.99. The van der Waals surface area contributed by atoms with Crippen LogP contribution in [0.5, 0.6) is 0 Å². The molecule has 1 unspecified atom stereocenters. The highest BCUT2D eigenvalue weighted by molar-refractivity contribution is 5.48. The Balaban J connectivity index is 1.66. The van der Waals surface area contributed by atoms with Gasteiger partial charge in [0.05, 0.1) is 0 Å². The van der Waals surface area contributed by atoms with E-state index in [4.69, 9.17) is 0 Å². The van der Waals surface area contributed by atoms with Crippen molar-refractivity contribution >= 4 is 11.6 Å². The van der Waals surface area contributed by atoms with Gasteiger partial charge in [-0.15, -0.1) is 0 Å². The molecule has 2 heterocycles. The molecule has 1 atom stereocenters. The maximum Gasteiger partial charge on any atom is 0.433 e. The van der Waals surface area contributed by atoms with Gasteiger partial charge >= 0.3 is 6.18 Å². The first-order chi connectivity index (χ1) is 10.5. The molecule has 0 amide bonds.